The molecule has 1 heterocycles. The largest absolute Gasteiger partial charge is 0.490 e. The quantitative estimate of drug-likeness (QED) is 0.554. The van der Waals surface area contributed by atoms with Gasteiger partial charge >= 0.3 is 6.61 Å². The van der Waals surface area contributed by atoms with Crippen LogP contribution < -0.4 is 14.8 Å². The minimum absolute atomic E-state index is 0.0393. The molecule has 166 valence electrons. The van der Waals surface area contributed by atoms with Crippen LogP contribution >= 0.6 is 11.8 Å². The predicted octanol–water partition coefficient (Wildman–Crippen LogP) is 4.89. The Labute approximate surface area is 185 Å². The average Bonchev–Trinajstić information content (AvgIpc) is 2.75. The van der Waals surface area contributed by atoms with Gasteiger partial charge in [0, 0.05) is 42.9 Å². The average molecular weight is 449 g/mol. The third-order valence-corrected chi connectivity index (χ3v) is 5.56. The Morgan fingerprint density at radius 3 is 2.74 bits per heavy atom. The Hall–Kier alpha value is -2.58. The molecule has 1 amide bonds. The van der Waals surface area contributed by atoms with E-state index >= 15 is 0 Å². The molecule has 0 atom stereocenters. The van der Waals surface area contributed by atoms with E-state index in [4.69, 9.17) is 4.74 Å². The monoisotopic (exact) mass is 448 g/mol. The number of rotatable bonds is 9. The van der Waals surface area contributed by atoms with Gasteiger partial charge in [-0.2, -0.15) is 20.5 Å². The first-order valence-electron chi connectivity index (χ1n) is 10.1. The van der Waals surface area contributed by atoms with Crippen molar-refractivity contribution in [2.45, 2.75) is 20.1 Å². The Bertz CT molecular complexity index is 902. The number of nitrogens with one attached hydrogen (secondary N) is 1. The predicted molar refractivity (Wildman–Crippen MR) is 121 cm³/mol. The van der Waals surface area contributed by atoms with Crippen molar-refractivity contribution in [1.82, 2.24) is 4.90 Å². The zero-order chi connectivity index (χ0) is 22.1. The van der Waals surface area contributed by atoms with Crippen molar-refractivity contribution in [1.29, 1.82) is 0 Å². The van der Waals surface area contributed by atoms with Gasteiger partial charge in [-0.1, -0.05) is 18.2 Å². The number of alkyl halides is 2. The molecular weight excluding hydrogens is 422 g/mol. The molecule has 1 aliphatic rings. The maximum atomic E-state index is 12.5. The fraction of sp³-hybridized carbons (Fsp3) is 0.348. The molecule has 1 fully saturated rings. The second-order valence-electron chi connectivity index (χ2n) is 6.93. The summed E-state index contributed by atoms with van der Waals surface area (Å²) in [6, 6.07) is 12.4. The van der Waals surface area contributed by atoms with Gasteiger partial charge in [0.1, 0.15) is 0 Å². The molecule has 0 radical (unpaired) electrons. The number of hydrogen-bond acceptors (Lipinski definition) is 5. The van der Waals surface area contributed by atoms with E-state index < -0.39 is 6.61 Å². The number of benzene rings is 2. The SMILES string of the molecule is CCOc1cc(/C=C/C(=O)Nc2cccc(CN3CCSCC3)c2)ccc1OC(F)F. The highest BCUT2D eigenvalue weighted by atomic mass is 32.2. The number of hydrogen-bond donors (Lipinski definition) is 1. The van der Waals surface area contributed by atoms with Gasteiger partial charge in [-0.25, -0.2) is 0 Å². The lowest BCUT2D eigenvalue weighted by Gasteiger charge is -2.26. The molecule has 0 aromatic heterocycles. The summed E-state index contributed by atoms with van der Waals surface area (Å²) < 4.78 is 34.8. The van der Waals surface area contributed by atoms with Crippen LogP contribution in [-0.2, 0) is 11.3 Å². The van der Waals surface area contributed by atoms with Gasteiger partial charge in [-0.15, -0.1) is 0 Å². The minimum atomic E-state index is -2.93. The van der Waals surface area contributed by atoms with Crippen LogP contribution in [0.4, 0.5) is 14.5 Å². The summed E-state index contributed by atoms with van der Waals surface area (Å²) in [6.07, 6.45) is 2.99. The first kappa shape index (κ1) is 23.1. The number of anilines is 1. The van der Waals surface area contributed by atoms with Gasteiger partial charge in [0.25, 0.3) is 0 Å². The molecule has 0 bridgehead atoms. The van der Waals surface area contributed by atoms with Gasteiger partial charge in [0.05, 0.1) is 6.61 Å². The number of carbonyl (C=O) groups excluding carboxylic acids is 1. The van der Waals surface area contributed by atoms with E-state index in [1.165, 1.54) is 12.1 Å². The van der Waals surface area contributed by atoms with Crippen LogP contribution in [0.1, 0.15) is 18.1 Å². The van der Waals surface area contributed by atoms with E-state index in [0.29, 0.717) is 12.2 Å². The molecule has 1 N–H and O–H groups in total. The van der Waals surface area contributed by atoms with Crippen LogP contribution in [0.25, 0.3) is 6.08 Å². The second kappa shape index (κ2) is 11.7. The van der Waals surface area contributed by atoms with Crippen LogP contribution in [-0.4, -0.2) is 48.6 Å². The normalized spacial score (nSPS) is 14.7. The highest BCUT2D eigenvalue weighted by Crippen LogP contribution is 2.30. The highest BCUT2D eigenvalue weighted by Gasteiger charge is 2.12. The number of ether oxygens (including phenoxy) is 2. The molecule has 3 rings (SSSR count). The molecular formula is C23H26F2N2O3S. The number of halogens is 2. The molecule has 31 heavy (non-hydrogen) atoms. The van der Waals surface area contributed by atoms with Crippen LogP contribution in [0.2, 0.25) is 0 Å². The first-order valence-corrected chi connectivity index (χ1v) is 11.3. The lowest BCUT2D eigenvalue weighted by molar-refractivity contribution is -0.111. The Morgan fingerprint density at radius 2 is 2.00 bits per heavy atom. The van der Waals surface area contributed by atoms with Gasteiger partial charge in [-0.05, 0) is 48.4 Å². The summed E-state index contributed by atoms with van der Waals surface area (Å²) in [5, 5.41) is 2.86. The lowest BCUT2D eigenvalue weighted by atomic mass is 10.1. The standard InChI is InChI=1S/C23H26F2N2O3S/c1-2-29-21-15-17(6-8-20(21)30-23(24)25)7-9-22(28)26-19-5-3-4-18(14-19)16-27-10-12-31-13-11-27/h3-9,14-15,23H,2,10-13,16H2,1H3,(H,26,28)/b9-7+. The van der Waals surface area contributed by atoms with Gasteiger partial charge in [0.15, 0.2) is 11.5 Å². The van der Waals surface area contributed by atoms with E-state index in [1.807, 2.05) is 30.0 Å². The fourth-order valence-corrected chi connectivity index (χ4v) is 4.19. The molecule has 0 aliphatic carbocycles. The summed E-state index contributed by atoms with van der Waals surface area (Å²) >= 11 is 1.98. The topological polar surface area (TPSA) is 50.8 Å². The summed E-state index contributed by atoms with van der Waals surface area (Å²) in [5.74, 6) is 2.19. The molecule has 0 spiro atoms. The second-order valence-corrected chi connectivity index (χ2v) is 8.15. The van der Waals surface area contributed by atoms with Crippen LogP contribution in [0.15, 0.2) is 48.5 Å². The number of nitrogens with zero attached hydrogens (tertiary/aromatic N) is 1. The van der Waals surface area contributed by atoms with E-state index in [2.05, 4.69) is 21.0 Å². The Kier molecular flexibility index (Phi) is 8.73. The molecule has 2 aromatic rings. The number of amides is 1. The zero-order valence-electron chi connectivity index (χ0n) is 17.4. The smallest absolute Gasteiger partial charge is 0.387 e. The molecule has 0 unspecified atom stereocenters. The molecule has 1 aliphatic heterocycles. The third-order valence-electron chi connectivity index (χ3n) is 4.62. The van der Waals surface area contributed by atoms with Crippen LogP contribution in [0, 0.1) is 0 Å². The third kappa shape index (κ3) is 7.56. The summed E-state index contributed by atoms with van der Waals surface area (Å²) in [5.41, 5.74) is 2.52. The summed E-state index contributed by atoms with van der Waals surface area (Å²) in [6.45, 7) is 2.15. The van der Waals surface area contributed by atoms with Crippen molar-refractivity contribution in [2.24, 2.45) is 0 Å². The van der Waals surface area contributed by atoms with Crippen molar-refractivity contribution in [3.05, 3.63) is 59.7 Å². The molecule has 0 saturated carbocycles. The number of thioether (sulfide) groups is 1. The van der Waals surface area contributed by atoms with E-state index in [-0.39, 0.29) is 17.4 Å². The van der Waals surface area contributed by atoms with Crippen LogP contribution in [0.5, 0.6) is 11.5 Å². The molecule has 8 heteroatoms. The van der Waals surface area contributed by atoms with Gasteiger partial charge in [0.2, 0.25) is 5.91 Å². The summed E-state index contributed by atoms with van der Waals surface area (Å²) in [7, 11) is 0. The van der Waals surface area contributed by atoms with Crippen LogP contribution in [0.3, 0.4) is 0 Å². The first-order chi connectivity index (χ1) is 15.0. The fourth-order valence-electron chi connectivity index (χ4n) is 3.21. The van der Waals surface area contributed by atoms with Crippen molar-refractivity contribution in [3.8, 4) is 11.5 Å². The highest BCUT2D eigenvalue weighted by molar-refractivity contribution is 7.99. The van der Waals surface area contributed by atoms with E-state index in [0.717, 1.165) is 42.4 Å². The van der Waals surface area contributed by atoms with Crippen molar-refractivity contribution in [2.75, 3.05) is 36.5 Å². The van der Waals surface area contributed by atoms with Gasteiger partial charge in [-0.3, -0.25) is 9.69 Å². The molecule has 5 nitrogen and oxygen atoms in total. The van der Waals surface area contributed by atoms with E-state index in [9.17, 15) is 13.6 Å². The zero-order valence-corrected chi connectivity index (χ0v) is 18.2. The molecule has 2 aromatic carbocycles. The maximum Gasteiger partial charge on any atom is 0.387 e. The minimum Gasteiger partial charge on any atom is -0.490 e. The lowest BCUT2D eigenvalue weighted by Crippen LogP contribution is -2.31. The van der Waals surface area contributed by atoms with E-state index in [1.54, 1.807) is 25.1 Å². The Balaban J connectivity index is 1.61. The Morgan fingerprint density at radius 1 is 1.19 bits per heavy atom. The van der Waals surface area contributed by atoms with Crippen molar-refractivity contribution in [3.63, 3.8) is 0 Å². The van der Waals surface area contributed by atoms with Gasteiger partial charge < -0.3 is 14.8 Å². The van der Waals surface area contributed by atoms with Crippen molar-refractivity contribution >= 4 is 29.4 Å². The maximum absolute atomic E-state index is 12.5. The molecule has 1 saturated heterocycles. The number of carbonyl (C=O) groups is 1. The van der Waals surface area contributed by atoms with Crippen molar-refractivity contribution < 1.29 is 23.0 Å². The summed E-state index contributed by atoms with van der Waals surface area (Å²) in [4.78, 5) is 14.8.